The van der Waals surface area contributed by atoms with Crippen molar-refractivity contribution in [3.8, 4) is 0 Å². The van der Waals surface area contributed by atoms with Crippen LogP contribution in [0.2, 0.25) is 0 Å². The number of carbonyl (C=O) groups is 2. The lowest BCUT2D eigenvalue weighted by atomic mass is 9.98. The van der Waals surface area contributed by atoms with Crippen molar-refractivity contribution in [2.45, 2.75) is 38.6 Å². The molecule has 1 aromatic heterocycles. The number of hydrogen-bond acceptors (Lipinski definition) is 4. The number of nitrogens with two attached hydrogens (primary N) is 1. The van der Waals surface area contributed by atoms with Crippen LogP contribution in [-0.4, -0.2) is 34.9 Å². The minimum atomic E-state index is -0.557. The van der Waals surface area contributed by atoms with Crippen molar-refractivity contribution >= 4 is 23.3 Å². The normalized spacial score (nSPS) is 17.1. The molecule has 2 heterocycles. The molecule has 1 aromatic carbocycles. The smallest absolute Gasteiger partial charge is 0.312 e. The fraction of sp³-hybridized carbons (Fsp3) is 0.421. The number of amides is 3. The number of rotatable bonds is 5. The molecule has 0 aliphatic carbocycles. The molecule has 3 N–H and O–H groups in total. The van der Waals surface area contributed by atoms with Gasteiger partial charge in [0.25, 0.3) is 5.91 Å². The second-order valence-electron chi connectivity index (χ2n) is 6.54. The number of likely N-dealkylation sites (tertiary alicyclic amines) is 1. The van der Waals surface area contributed by atoms with Crippen molar-refractivity contribution in [2.75, 3.05) is 13.1 Å². The van der Waals surface area contributed by atoms with Gasteiger partial charge in [-0.1, -0.05) is 19.1 Å². The first kappa shape index (κ1) is 18.4. The molecule has 0 spiro atoms. The van der Waals surface area contributed by atoms with E-state index in [4.69, 9.17) is 10.7 Å². The van der Waals surface area contributed by atoms with E-state index in [1.54, 1.807) is 11.3 Å². The summed E-state index contributed by atoms with van der Waals surface area (Å²) < 4.78 is 0. The topological polar surface area (TPSA) is 88.3 Å². The maximum Gasteiger partial charge on any atom is 0.312 e. The number of aryl methyl sites for hydroxylation is 1. The van der Waals surface area contributed by atoms with Crippen molar-refractivity contribution in [1.82, 2.24) is 15.2 Å². The number of urea groups is 1. The number of nitrogens with zero attached hydrogens (tertiary/aromatic N) is 2. The number of piperidine rings is 1. The summed E-state index contributed by atoms with van der Waals surface area (Å²) in [7, 11) is 0. The molecule has 1 aliphatic rings. The van der Waals surface area contributed by atoms with E-state index in [2.05, 4.69) is 17.6 Å². The van der Waals surface area contributed by atoms with E-state index in [9.17, 15) is 9.59 Å². The Labute approximate surface area is 157 Å². The zero-order chi connectivity index (χ0) is 18.5. The van der Waals surface area contributed by atoms with Crippen LogP contribution in [0.15, 0.2) is 29.6 Å². The minimum Gasteiger partial charge on any atom is -0.352 e. The molecule has 1 fully saturated rings. The van der Waals surface area contributed by atoms with Gasteiger partial charge in [-0.3, -0.25) is 4.79 Å². The fourth-order valence-corrected chi connectivity index (χ4v) is 4.20. The average Bonchev–Trinajstić information content (AvgIpc) is 3.15. The van der Waals surface area contributed by atoms with Gasteiger partial charge in [-0.15, -0.1) is 11.3 Å². The van der Waals surface area contributed by atoms with Gasteiger partial charge in [-0.05, 0) is 37.0 Å². The van der Waals surface area contributed by atoms with Crippen molar-refractivity contribution in [1.29, 1.82) is 0 Å². The molecular weight excluding hydrogens is 348 g/mol. The van der Waals surface area contributed by atoms with Crippen LogP contribution in [0.1, 0.15) is 52.3 Å². The van der Waals surface area contributed by atoms with Gasteiger partial charge in [0, 0.05) is 36.5 Å². The van der Waals surface area contributed by atoms with E-state index in [-0.39, 0.29) is 5.91 Å². The van der Waals surface area contributed by atoms with Crippen LogP contribution in [0.25, 0.3) is 0 Å². The number of carbonyl (C=O) groups excluding carboxylic acids is 2. The van der Waals surface area contributed by atoms with Crippen molar-refractivity contribution in [3.63, 3.8) is 0 Å². The summed E-state index contributed by atoms with van der Waals surface area (Å²) in [6.45, 7) is 3.98. The SMILES string of the molecule is CCc1csc(C2CCCN(C(=O)c3ccc(CNC(N)=O)cc3)C2)n1. The van der Waals surface area contributed by atoms with Crippen molar-refractivity contribution in [3.05, 3.63) is 51.5 Å². The number of aromatic nitrogens is 1. The average molecular weight is 372 g/mol. The van der Waals surface area contributed by atoms with E-state index in [1.165, 1.54) is 0 Å². The lowest BCUT2D eigenvalue weighted by Crippen LogP contribution is -2.39. The van der Waals surface area contributed by atoms with Gasteiger partial charge in [0.2, 0.25) is 0 Å². The summed E-state index contributed by atoms with van der Waals surface area (Å²) in [5.74, 6) is 0.383. The highest BCUT2D eigenvalue weighted by Gasteiger charge is 2.27. The van der Waals surface area contributed by atoms with Crippen LogP contribution in [0.3, 0.4) is 0 Å². The highest BCUT2D eigenvalue weighted by atomic mass is 32.1. The largest absolute Gasteiger partial charge is 0.352 e. The Morgan fingerprint density at radius 1 is 1.35 bits per heavy atom. The van der Waals surface area contributed by atoms with Crippen LogP contribution >= 0.6 is 11.3 Å². The molecule has 1 unspecified atom stereocenters. The van der Waals surface area contributed by atoms with Gasteiger partial charge in [0.15, 0.2) is 0 Å². The standard InChI is InChI=1S/C19H24N4O2S/c1-2-16-12-26-17(22-16)15-4-3-9-23(11-15)18(24)14-7-5-13(6-8-14)10-21-19(20)25/h5-8,12,15H,2-4,9-11H2,1H3,(H3,20,21,25). The van der Waals surface area contributed by atoms with E-state index in [0.29, 0.717) is 18.0 Å². The molecule has 26 heavy (non-hydrogen) atoms. The third-order valence-electron chi connectivity index (χ3n) is 4.66. The van der Waals surface area contributed by atoms with Gasteiger partial charge < -0.3 is 16.0 Å². The van der Waals surface area contributed by atoms with Gasteiger partial charge in [0.1, 0.15) is 0 Å². The molecule has 2 aromatic rings. The molecule has 0 saturated carbocycles. The monoisotopic (exact) mass is 372 g/mol. The molecule has 3 amide bonds. The maximum absolute atomic E-state index is 12.8. The lowest BCUT2D eigenvalue weighted by Gasteiger charge is -2.32. The van der Waals surface area contributed by atoms with Crippen LogP contribution in [-0.2, 0) is 13.0 Å². The number of thiazole rings is 1. The third kappa shape index (κ3) is 4.40. The van der Waals surface area contributed by atoms with Gasteiger partial charge in [-0.25, -0.2) is 9.78 Å². The first-order chi connectivity index (χ1) is 12.6. The quantitative estimate of drug-likeness (QED) is 0.846. The zero-order valence-corrected chi connectivity index (χ0v) is 15.7. The molecule has 0 radical (unpaired) electrons. The number of primary amides is 1. The van der Waals surface area contributed by atoms with E-state index in [0.717, 1.165) is 48.6 Å². The molecule has 6 nitrogen and oxygen atoms in total. The Kier molecular flexibility index (Phi) is 5.88. The maximum atomic E-state index is 12.8. The van der Waals surface area contributed by atoms with Crippen molar-refractivity contribution in [2.24, 2.45) is 5.73 Å². The van der Waals surface area contributed by atoms with Crippen LogP contribution < -0.4 is 11.1 Å². The Morgan fingerprint density at radius 2 is 2.12 bits per heavy atom. The van der Waals surface area contributed by atoms with E-state index < -0.39 is 6.03 Å². The first-order valence-electron chi connectivity index (χ1n) is 8.92. The Hall–Kier alpha value is -2.41. The summed E-state index contributed by atoms with van der Waals surface area (Å²) in [5, 5.41) is 5.81. The Morgan fingerprint density at radius 3 is 2.77 bits per heavy atom. The van der Waals surface area contributed by atoms with E-state index in [1.807, 2.05) is 29.2 Å². The van der Waals surface area contributed by atoms with Crippen LogP contribution in [0.5, 0.6) is 0 Å². The first-order valence-corrected chi connectivity index (χ1v) is 9.80. The molecule has 1 atom stereocenters. The van der Waals surface area contributed by atoms with Crippen LogP contribution in [0.4, 0.5) is 4.79 Å². The zero-order valence-electron chi connectivity index (χ0n) is 14.9. The molecule has 138 valence electrons. The summed E-state index contributed by atoms with van der Waals surface area (Å²) in [6.07, 6.45) is 3.03. The molecular formula is C19H24N4O2S. The molecule has 0 bridgehead atoms. The summed E-state index contributed by atoms with van der Waals surface area (Å²) in [6, 6.07) is 6.75. The predicted octanol–water partition coefficient (Wildman–Crippen LogP) is 2.89. The third-order valence-corrected chi connectivity index (χ3v) is 5.71. The predicted molar refractivity (Wildman–Crippen MR) is 102 cm³/mol. The highest BCUT2D eigenvalue weighted by Crippen LogP contribution is 2.30. The number of nitrogens with one attached hydrogen (secondary N) is 1. The Balaban J connectivity index is 1.64. The molecule has 7 heteroatoms. The summed E-state index contributed by atoms with van der Waals surface area (Å²) >= 11 is 1.71. The van der Waals surface area contributed by atoms with E-state index >= 15 is 0 Å². The van der Waals surface area contributed by atoms with Crippen molar-refractivity contribution < 1.29 is 9.59 Å². The highest BCUT2D eigenvalue weighted by molar-refractivity contribution is 7.09. The van der Waals surface area contributed by atoms with Gasteiger partial charge in [0.05, 0.1) is 10.7 Å². The fourth-order valence-electron chi connectivity index (χ4n) is 3.17. The lowest BCUT2D eigenvalue weighted by molar-refractivity contribution is 0.0707. The molecule has 1 saturated heterocycles. The molecule has 3 rings (SSSR count). The second-order valence-corrected chi connectivity index (χ2v) is 7.43. The summed E-state index contributed by atoms with van der Waals surface area (Å²) in [5.41, 5.74) is 7.78. The number of hydrogen-bond donors (Lipinski definition) is 2. The number of benzene rings is 1. The Bertz CT molecular complexity index is 772. The van der Waals surface area contributed by atoms with Gasteiger partial charge in [-0.2, -0.15) is 0 Å². The summed E-state index contributed by atoms with van der Waals surface area (Å²) in [4.78, 5) is 30.2. The minimum absolute atomic E-state index is 0.0522. The second kappa shape index (κ2) is 8.31. The van der Waals surface area contributed by atoms with Crippen LogP contribution in [0, 0.1) is 0 Å². The molecule has 1 aliphatic heterocycles. The van der Waals surface area contributed by atoms with Gasteiger partial charge >= 0.3 is 6.03 Å².